The van der Waals surface area contributed by atoms with Crippen LogP contribution in [0.3, 0.4) is 0 Å². The first-order chi connectivity index (χ1) is 14.3. The number of aromatic nitrogens is 1. The Balaban J connectivity index is 1.34. The Morgan fingerprint density at radius 3 is 2.28 bits per heavy atom. The molecule has 0 saturated heterocycles. The molecule has 0 fully saturated rings. The summed E-state index contributed by atoms with van der Waals surface area (Å²) in [5.74, 6) is 0.905. The Hall–Kier alpha value is -3.18. The molecule has 29 heavy (non-hydrogen) atoms. The quantitative estimate of drug-likeness (QED) is 0.436. The van der Waals surface area contributed by atoms with E-state index < -0.39 is 0 Å². The van der Waals surface area contributed by atoms with E-state index in [-0.39, 0.29) is 18.2 Å². The molecule has 0 aliphatic rings. The number of rotatable bonds is 8. The van der Waals surface area contributed by atoms with Crippen molar-refractivity contribution < 1.29 is 9.32 Å². The average molecular weight is 403 g/mol. The maximum atomic E-state index is 12.4. The maximum absolute atomic E-state index is 12.4. The molecular formula is C24H22N2O2S. The summed E-state index contributed by atoms with van der Waals surface area (Å²) in [6.45, 7) is 0.600. The highest BCUT2D eigenvalue weighted by atomic mass is 32.1. The fourth-order valence-electron chi connectivity index (χ4n) is 3.41. The van der Waals surface area contributed by atoms with Crippen molar-refractivity contribution in [1.29, 1.82) is 0 Å². The number of hydrogen-bond acceptors (Lipinski definition) is 4. The van der Waals surface area contributed by atoms with Crippen molar-refractivity contribution in [2.45, 2.75) is 18.8 Å². The Kier molecular flexibility index (Phi) is 6.17. The van der Waals surface area contributed by atoms with Crippen LogP contribution < -0.4 is 5.32 Å². The minimum atomic E-state index is -0.0455. The fourth-order valence-corrected chi connectivity index (χ4v) is 4.08. The SMILES string of the molecule is O=C(Cc1cc(-c2cccs2)on1)NCCC(c1ccccc1)c1ccccc1. The number of carbonyl (C=O) groups excluding carboxylic acids is 1. The number of hydrogen-bond donors (Lipinski definition) is 1. The van der Waals surface area contributed by atoms with Crippen LogP contribution in [0.1, 0.15) is 29.2 Å². The maximum Gasteiger partial charge on any atom is 0.226 e. The smallest absolute Gasteiger partial charge is 0.226 e. The molecule has 4 aromatic rings. The fraction of sp³-hybridized carbons (Fsp3) is 0.167. The molecule has 0 spiro atoms. The second-order valence-corrected chi connectivity index (χ2v) is 7.80. The topological polar surface area (TPSA) is 55.1 Å². The van der Waals surface area contributed by atoms with Crippen LogP contribution in [0.15, 0.2) is 88.8 Å². The van der Waals surface area contributed by atoms with Crippen LogP contribution in [0.5, 0.6) is 0 Å². The molecule has 0 aliphatic heterocycles. The molecule has 0 atom stereocenters. The summed E-state index contributed by atoms with van der Waals surface area (Å²) in [6, 6.07) is 26.6. The van der Waals surface area contributed by atoms with E-state index in [1.807, 2.05) is 35.7 Å². The Morgan fingerprint density at radius 1 is 0.966 bits per heavy atom. The number of nitrogens with zero attached hydrogens (tertiary/aromatic N) is 1. The molecule has 2 aromatic carbocycles. The predicted molar refractivity (Wildman–Crippen MR) is 116 cm³/mol. The summed E-state index contributed by atoms with van der Waals surface area (Å²) in [4.78, 5) is 13.4. The van der Waals surface area contributed by atoms with Crippen LogP contribution >= 0.6 is 11.3 Å². The Labute approximate surface area is 174 Å². The molecule has 1 N–H and O–H groups in total. The largest absolute Gasteiger partial charge is 0.356 e. The van der Waals surface area contributed by atoms with Crippen LogP contribution in [-0.2, 0) is 11.2 Å². The van der Waals surface area contributed by atoms with E-state index in [0.29, 0.717) is 18.0 Å². The Bertz CT molecular complexity index is 988. The summed E-state index contributed by atoms with van der Waals surface area (Å²) >= 11 is 1.59. The highest BCUT2D eigenvalue weighted by molar-refractivity contribution is 7.13. The van der Waals surface area contributed by atoms with Crippen LogP contribution in [-0.4, -0.2) is 17.6 Å². The molecule has 146 valence electrons. The molecule has 1 amide bonds. The minimum absolute atomic E-state index is 0.0455. The standard InChI is InChI=1S/C24H22N2O2S/c27-24(17-20-16-22(28-26-20)23-12-7-15-29-23)25-14-13-21(18-8-3-1-4-9-18)19-10-5-2-6-11-19/h1-12,15-16,21H,13-14,17H2,(H,25,27). The zero-order valence-electron chi connectivity index (χ0n) is 16.0. The van der Waals surface area contributed by atoms with Gasteiger partial charge in [-0.15, -0.1) is 11.3 Å². The second kappa shape index (κ2) is 9.34. The van der Waals surface area contributed by atoms with Gasteiger partial charge in [0.1, 0.15) is 0 Å². The molecule has 0 bridgehead atoms. The van der Waals surface area contributed by atoms with E-state index in [0.717, 1.165) is 11.3 Å². The molecule has 0 saturated carbocycles. The first-order valence-corrected chi connectivity index (χ1v) is 10.5. The van der Waals surface area contributed by atoms with Crippen LogP contribution in [0.4, 0.5) is 0 Å². The number of carbonyl (C=O) groups is 1. The molecule has 2 heterocycles. The van der Waals surface area contributed by atoms with Crippen molar-refractivity contribution in [2.24, 2.45) is 0 Å². The second-order valence-electron chi connectivity index (χ2n) is 6.85. The molecule has 0 radical (unpaired) electrons. The first kappa shape index (κ1) is 19.2. The lowest BCUT2D eigenvalue weighted by atomic mass is 9.88. The lowest BCUT2D eigenvalue weighted by Crippen LogP contribution is -2.27. The van der Waals surface area contributed by atoms with Crippen LogP contribution in [0, 0.1) is 0 Å². The average Bonchev–Trinajstić information content (AvgIpc) is 3.44. The summed E-state index contributed by atoms with van der Waals surface area (Å²) in [5, 5.41) is 9.03. The van der Waals surface area contributed by atoms with Gasteiger partial charge < -0.3 is 9.84 Å². The highest BCUT2D eigenvalue weighted by Gasteiger charge is 2.15. The third-order valence-electron chi connectivity index (χ3n) is 4.82. The lowest BCUT2D eigenvalue weighted by Gasteiger charge is -2.18. The van der Waals surface area contributed by atoms with Crippen LogP contribution in [0.2, 0.25) is 0 Å². The monoisotopic (exact) mass is 402 g/mol. The molecule has 4 rings (SSSR count). The van der Waals surface area contributed by atoms with Gasteiger partial charge in [0.15, 0.2) is 5.76 Å². The number of amides is 1. The van der Waals surface area contributed by atoms with Crippen LogP contribution in [0.25, 0.3) is 10.6 Å². The molecule has 0 unspecified atom stereocenters. The van der Waals surface area contributed by atoms with Crippen molar-refractivity contribution >= 4 is 17.2 Å². The Morgan fingerprint density at radius 2 is 1.66 bits per heavy atom. The zero-order chi connectivity index (χ0) is 19.9. The summed E-state index contributed by atoms with van der Waals surface area (Å²) in [6.07, 6.45) is 1.05. The summed E-state index contributed by atoms with van der Waals surface area (Å²) in [7, 11) is 0. The molecule has 0 aliphatic carbocycles. The van der Waals surface area contributed by atoms with Crippen molar-refractivity contribution in [2.75, 3.05) is 6.54 Å². The zero-order valence-corrected chi connectivity index (χ0v) is 16.8. The van der Waals surface area contributed by atoms with Gasteiger partial charge in [0, 0.05) is 18.5 Å². The van der Waals surface area contributed by atoms with E-state index >= 15 is 0 Å². The molecule has 5 heteroatoms. The minimum Gasteiger partial charge on any atom is -0.356 e. The van der Waals surface area contributed by atoms with Gasteiger partial charge in [-0.05, 0) is 29.0 Å². The summed E-state index contributed by atoms with van der Waals surface area (Å²) < 4.78 is 5.35. The normalized spacial score (nSPS) is 10.9. The lowest BCUT2D eigenvalue weighted by molar-refractivity contribution is -0.120. The van der Waals surface area contributed by atoms with E-state index in [9.17, 15) is 4.79 Å². The number of nitrogens with one attached hydrogen (secondary N) is 1. The van der Waals surface area contributed by atoms with Crippen molar-refractivity contribution in [3.8, 4) is 10.6 Å². The van der Waals surface area contributed by atoms with Crippen molar-refractivity contribution in [3.63, 3.8) is 0 Å². The highest BCUT2D eigenvalue weighted by Crippen LogP contribution is 2.27. The summed E-state index contributed by atoms with van der Waals surface area (Å²) in [5.41, 5.74) is 3.16. The van der Waals surface area contributed by atoms with Gasteiger partial charge in [0.25, 0.3) is 0 Å². The van der Waals surface area contributed by atoms with Gasteiger partial charge in [-0.2, -0.15) is 0 Å². The van der Waals surface area contributed by atoms with E-state index in [1.165, 1.54) is 11.1 Å². The molecule has 4 nitrogen and oxygen atoms in total. The van der Waals surface area contributed by atoms with E-state index in [2.05, 4.69) is 59.0 Å². The third kappa shape index (κ3) is 5.00. The predicted octanol–water partition coefficient (Wildman–Crippen LogP) is 5.28. The van der Waals surface area contributed by atoms with Gasteiger partial charge in [0.05, 0.1) is 17.0 Å². The third-order valence-corrected chi connectivity index (χ3v) is 5.71. The first-order valence-electron chi connectivity index (χ1n) is 9.65. The molecular weight excluding hydrogens is 380 g/mol. The number of benzene rings is 2. The van der Waals surface area contributed by atoms with Gasteiger partial charge in [-0.3, -0.25) is 4.79 Å². The van der Waals surface area contributed by atoms with Crippen molar-refractivity contribution in [3.05, 3.63) is 101 Å². The molecule has 2 aromatic heterocycles. The van der Waals surface area contributed by atoms with Gasteiger partial charge in [-0.1, -0.05) is 71.9 Å². The van der Waals surface area contributed by atoms with E-state index in [4.69, 9.17) is 4.52 Å². The number of thiophene rings is 1. The van der Waals surface area contributed by atoms with Gasteiger partial charge >= 0.3 is 0 Å². The van der Waals surface area contributed by atoms with Crippen molar-refractivity contribution in [1.82, 2.24) is 10.5 Å². The van der Waals surface area contributed by atoms with Gasteiger partial charge in [0.2, 0.25) is 5.91 Å². The van der Waals surface area contributed by atoms with Gasteiger partial charge in [-0.25, -0.2) is 0 Å². The van der Waals surface area contributed by atoms with E-state index in [1.54, 1.807) is 11.3 Å².